The van der Waals surface area contributed by atoms with Crippen LogP contribution in [-0.2, 0) is 11.2 Å². The van der Waals surface area contributed by atoms with E-state index >= 15 is 0 Å². The van der Waals surface area contributed by atoms with Crippen molar-refractivity contribution in [2.45, 2.75) is 52.0 Å². The van der Waals surface area contributed by atoms with Crippen molar-refractivity contribution in [1.82, 2.24) is 10.2 Å². The van der Waals surface area contributed by atoms with Crippen LogP contribution in [0.25, 0.3) is 0 Å². The van der Waals surface area contributed by atoms with Gasteiger partial charge >= 0.3 is 0 Å². The molecule has 1 saturated heterocycles. The third-order valence-corrected chi connectivity index (χ3v) is 4.25. The number of nitrogens with one attached hydrogen (secondary N) is 1. The Hall–Kier alpha value is -1.35. The highest BCUT2D eigenvalue weighted by Crippen LogP contribution is 2.11. The lowest BCUT2D eigenvalue weighted by Gasteiger charge is -2.32. The quantitative estimate of drug-likeness (QED) is 0.873. The van der Waals surface area contributed by atoms with Crippen molar-refractivity contribution in [2.75, 3.05) is 19.6 Å². The first-order valence-electron chi connectivity index (χ1n) is 8.24. The maximum absolute atomic E-state index is 12.0. The average molecular weight is 288 g/mol. The predicted molar refractivity (Wildman–Crippen MR) is 87.4 cm³/mol. The summed E-state index contributed by atoms with van der Waals surface area (Å²) in [5, 5.41) is 3.20. The number of rotatable bonds is 6. The smallest absolute Gasteiger partial charge is 0.220 e. The van der Waals surface area contributed by atoms with Gasteiger partial charge in [-0.2, -0.15) is 0 Å². The number of nitrogens with zero attached hydrogens (tertiary/aromatic N) is 1. The largest absolute Gasteiger partial charge is 0.353 e. The molecule has 1 aliphatic rings. The van der Waals surface area contributed by atoms with Gasteiger partial charge < -0.3 is 10.2 Å². The van der Waals surface area contributed by atoms with Gasteiger partial charge in [0.1, 0.15) is 0 Å². The average Bonchev–Trinajstić information content (AvgIpc) is 2.49. The van der Waals surface area contributed by atoms with E-state index in [1.54, 1.807) is 0 Å². The SMILES string of the molecule is CCCN1CCC(NC(=O)CCc2ccc(C)cc2)CC1. The number of carbonyl (C=O) groups excluding carboxylic acids is 1. The van der Waals surface area contributed by atoms with Crippen molar-refractivity contribution in [3.63, 3.8) is 0 Å². The normalized spacial score (nSPS) is 16.9. The number of likely N-dealkylation sites (tertiary alicyclic amines) is 1. The van der Waals surface area contributed by atoms with Gasteiger partial charge in [0.2, 0.25) is 5.91 Å². The van der Waals surface area contributed by atoms with E-state index < -0.39 is 0 Å². The Balaban J connectivity index is 1.67. The van der Waals surface area contributed by atoms with Crippen LogP contribution in [-0.4, -0.2) is 36.5 Å². The second-order valence-electron chi connectivity index (χ2n) is 6.17. The lowest BCUT2D eigenvalue weighted by Crippen LogP contribution is -2.44. The first kappa shape index (κ1) is 16.0. The van der Waals surface area contributed by atoms with Gasteiger partial charge in [0.25, 0.3) is 0 Å². The minimum absolute atomic E-state index is 0.199. The molecule has 2 rings (SSSR count). The zero-order chi connectivity index (χ0) is 15.1. The van der Waals surface area contributed by atoms with Gasteiger partial charge in [-0.05, 0) is 44.7 Å². The standard InChI is InChI=1S/C18H28N2O/c1-3-12-20-13-10-17(11-14-20)19-18(21)9-8-16-6-4-15(2)5-7-16/h4-7,17H,3,8-14H2,1-2H3,(H,19,21). The molecular weight excluding hydrogens is 260 g/mol. The number of aryl methyl sites for hydroxylation is 2. The summed E-state index contributed by atoms with van der Waals surface area (Å²) in [6, 6.07) is 8.83. The van der Waals surface area contributed by atoms with Gasteiger partial charge in [0.05, 0.1) is 0 Å². The Morgan fingerprint density at radius 3 is 2.52 bits per heavy atom. The fraction of sp³-hybridized carbons (Fsp3) is 0.611. The minimum Gasteiger partial charge on any atom is -0.353 e. The second-order valence-corrected chi connectivity index (χ2v) is 6.17. The van der Waals surface area contributed by atoms with Crippen molar-refractivity contribution in [3.05, 3.63) is 35.4 Å². The molecule has 0 bridgehead atoms. The molecule has 116 valence electrons. The molecule has 21 heavy (non-hydrogen) atoms. The van der Waals surface area contributed by atoms with Crippen LogP contribution in [0.1, 0.15) is 43.7 Å². The molecule has 0 atom stereocenters. The van der Waals surface area contributed by atoms with Gasteiger partial charge in [-0.15, -0.1) is 0 Å². The van der Waals surface area contributed by atoms with Crippen LogP contribution >= 0.6 is 0 Å². The van der Waals surface area contributed by atoms with Crippen LogP contribution < -0.4 is 5.32 Å². The van der Waals surface area contributed by atoms with E-state index in [1.165, 1.54) is 24.1 Å². The zero-order valence-electron chi connectivity index (χ0n) is 13.4. The van der Waals surface area contributed by atoms with Crippen LogP contribution in [0.3, 0.4) is 0 Å². The molecule has 0 aliphatic carbocycles. The van der Waals surface area contributed by atoms with Crippen molar-refractivity contribution in [1.29, 1.82) is 0 Å². The molecule has 3 heteroatoms. The summed E-state index contributed by atoms with van der Waals surface area (Å²) in [5.74, 6) is 0.199. The summed E-state index contributed by atoms with van der Waals surface area (Å²) in [6.45, 7) is 7.74. The molecule has 1 N–H and O–H groups in total. The van der Waals surface area contributed by atoms with E-state index in [2.05, 4.69) is 48.3 Å². The Bertz CT molecular complexity index is 433. The number of benzene rings is 1. The first-order chi connectivity index (χ1) is 10.2. The Morgan fingerprint density at radius 2 is 1.90 bits per heavy atom. The summed E-state index contributed by atoms with van der Waals surface area (Å²) in [5.41, 5.74) is 2.51. The monoisotopic (exact) mass is 288 g/mol. The number of carbonyl (C=O) groups is 1. The zero-order valence-corrected chi connectivity index (χ0v) is 13.4. The van der Waals surface area contributed by atoms with Gasteiger partial charge in [-0.25, -0.2) is 0 Å². The Labute approximate surface area is 128 Å². The van der Waals surface area contributed by atoms with E-state index in [1.807, 2.05) is 0 Å². The Morgan fingerprint density at radius 1 is 1.24 bits per heavy atom. The maximum atomic E-state index is 12.0. The summed E-state index contributed by atoms with van der Waals surface area (Å²) in [7, 11) is 0. The van der Waals surface area contributed by atoms with Crippen LogP contribution in [0.2, 0.25) is 0 Å². The van der Waals surface area contributed by atoms with Gasteiger partial charge in [-0.1, -0.05) is 36.8 Å². The molecule has 0 spiro atoms. The van der Waals surface area contributed by atoms with Crippen LogP contribution in [0, 0.1) is 6.92 Å². The molecule has 1 aromatic rings. The third-order valence-electron chi connectivity index (χ3n) is 4.25. The summed E-state index contributed by atoms with van der Waals surface area (Å²) in [6.07, 6.45) is 4.83. The maximum Gasteiger partial charge on any atom is 0.220 e. The number of hydrogen-bond acceptors (Lipinski definition) is 2. The predicted octanol–water partition coefficient (Wildman–Crippen LogP) is 2.92. The molecule has 1 aromatic carbocycles. The van der Waals surface area contributed by atoms with Crippen LogP contribution in [0.5, 0.6) is 0 Å². The molecule has 0 unspecified atom stereocenters. The lowest BCUT2D eigenvalue weighted by molar-refractivity contribution is -0.122. The third kappa shape index (κ3) is 5.50. The first-order valence-corrected chi connectivity index (χ1v) is 8.24. The molecular formula is C18H28N2O. The second kappa shape index (κ2) is 8.18. The molecule has 1 aliphatic heterocycles. The van der Waals surface area contributed by atoms with E-state index in [9.17, 15) is 4.79 Å². The highest BCUT2D eigenvalue weighted by Gasteiger charge is 2.19. The minimum atomic E-state index is 0.199. The van der Waals surface area contributed by atoms with E-state index in [0.717, 1.165) is 32.4 Å². The fourth-order valence-corrected chi connectivity index (χ4v) is 2.93. The topological polar surface area (TPSA) is 32.3 Å². The highest BCUT2D eigenvalue weighted by atomic mass is 16.1. The van der Waals surface area contributed by atoms with Gasteiger partial charge in [0, 0.05) is 25.6 Å². The molecule has 0 radical (unpaired) electrons. The summed E-state index contributed by atoms with van der Waals surface area (Å²) < 4.78 is 0. The number of piperidine rings is 1. The van der Waals surface area contributed by atoms with Crippen LogP contribution in [0.15, 0.2) is 24.3 Å². The highest BCUT2D eigenvalue weighted by molar-refractivity contribution is 5.76. The van der Waals surface area contributed by atoms with Crippen molar-refractivity contribution in [3.8, 4) is 0 Å². The van der Waals surface area contributed by atoms with E-state index in [-0.39, 0.29) is 5.91 Å². The fourth-order valence-electron chi connectivity index (χ4n) is 2.93. The van der Waals surface area contributed by atoms with Gasteiger partial charge in [0.15, 0.2) is 0 Å². The van der Waals surface area contributed by atoms with Crippen LogP contribution in [0.4, 0.5) is 0 Å². The molecule has 1 amide bonds. The molecule has 0 aromatic heterocycles. The molecule has 3 nitrogen and oxygen atoms in total. The molecule has 1 heterocycles. The van der Waals surface area contributed by atoms with Crippen molar-refractivity contribution >= 4 is 5.91 Å². The number of amides is 1. The molecule has 1 fully saturated rings. The summed E-state index contributed by atoms with van der Waals surface area (Å²) >= 11 is 0. The Kier molecular flexibility index (Phi) is 6.24. The van der Waals surface area contributed by atoms with E-state index in [4.69, 9.17) is 0 Å². The number of hydrogen-bond donors (Lipinski definition) is 1. The van der Waals surface area contributed by atoms with Crippen molar-refractivity contribution in [2.24, 2.45) is 0 Å². The van der Waals surface area contributed by atoms with Crippen molar-refractivity contribution < 1.29 is 4.79 Å². The summed E-state index contributed by atoms with van der Waals surface area (Å²) in [4.78, 5) is 14.5. The molecule has 0 saturated carbocycles. The van der Waals surface area contributed by atoms with E-state index in [0.29, 0.717) is 12.5 Å². The van der Waals surface area contributed by atoms with Gasteiger partial charge in [-0.3, -0.25) is 4.79 Å². The lowest BCUT2D eigenvalue weighted by atomic mass is 10.0.